The van der Waals surface area contributed by atoms with E-state index in [2.05, 4.69) is 42.0 Å². The third kappa shape index (κ3) is 4.73. The smallest absolute Gasteiger partial charge is 0.409 e. The summed E-state index contributed by atoms with van der Waals surface area (Å²) in [4.78, 5) is 26.2. The first-order valence-electron chi connectivity index (χ1n) is 14.5. The van der Waals surface area contributed by atoms with Crippen molar-refractivity contribution in [2.75, 3.05) is 33.3 Å². The number of piperidine rings is 1. The van der Waals surface area contributed by atoms with Crippen molar-refractivity contribution < 1.29 is 9.53 Å². The predicted molar refractivity (Wildman–Crippen MR) is 167 cm³/mol. The molecule has 0 atom stereocenters. The number of nitrogens with zero attached hydrogens (tertiary/aromatic N) is 6. The summed E-state index contributed by atoms with van der Waals surface area (Å²) in [7, 11) is 1.44. The van der Waals surface area contributed by atoms with Crippen LogP contribution in [0.1, 0.15) is 42.4 Å². The number of fused-ring (bicyclic) bond motifs is 2. The summed E-state index contributed by atoms with van der Waals surface area (Å²) in [6.07, 6.45) is 6.80. The van der Waals surface area contributed by atoms with Crippen LogP contribution in [-0.2, 0) is 11.2 Å². The topological polar surface area (TPSA) is 75.9 Å². The van der Waals surface area contributed by atoms with Crippen LogP contribution in [0.5, 0.6) is 0 Å². The third-order valence-electron chi connectivity index (χ3n) is 8.89. The van der Waals surface area contributed by atoms with Gasteiger partial charge in [-0.15, -0.1) is 11.3 Å². The lowest BCUT2D eigenvalue weighted by molar-refractivity contribution is 0.0189. The molecule has 0 unspecified atom stereocenters. The van der Waals surface area contributed by atoms with Gasteiger partial charge in [-0.3, -0.25) is 4.90 Å². The molecule has 8 nitrogen and oxygen atoms in total. The maximum absolute atomic E-state index is 11.7. The average molecular weight is 601 g/mol. The van der Waals surface area contributed by atoms with Crippen LogP contribution >= 0.6 is 22.9 Å². The molecule has 5 heterocycles. The minimum absolute atomic E-state index is 0.232. The molecule has 0 bridgehead atoms. The van der Waals surface area contributed by atoms with E-state index in [1.54, 1.807) is 16.2 Å². The van der Waals surface area contributed by atoms with Crippen LogP contribution in [0.3, 0.4) is 0 Å². The Labute approximate surface area is 253 Å². The molecule has 42 heavy (non-hydrogen) atoms. The third-order valence-corrected chi connectivity index (χ3v) is 10.3. The highest BCUT2D eigenvalue weighted by molar-refractivity contribution is 7.22. The number of likely N-dealkylation sites (tertiary alicyclic amines) is 2. The van der Waals surface area contributed by atoms with E-state index >= 15 is 0 Å². The summed E-state index contributed by atoms with van der Waals surface area (Å²) < 4.78 is 7.91. The zero-order chi connectivity index (χ0) is 29.0. The van der Waals surface area contributed by atoms with Gasteiger partial charge < -0.3 is 9.64 Å². The molecule has 3 aromatic heterocycles. The highest BCUT2D eigenvalue weighted by Crippen LogP contribution is 2.41. The Kier molecular flexibility index (Phi) is 7.12. The van der Waals surface area contributed by atoms with Crippen LogP contribution < -0.4 is 0 Å². The second-order valence-electron chi connectivity index (χ2n) is 11.3. The van der Waals surface area contributed by atoms with Gasteiger partial charge in [-0.1, -0.05) is 30.7 Å². The highest BCUT2D eigenvalue weighted by Gasteiger charge is 2.37. The molecule has 7 rings (SSSR count). The molecule has 2 aliphatic heterocycles. The quantitative estimate of drug-likeness (QED) is 0.220. The van der Waals surface area contributed by atoms with Crippen LogP contribution in [0.2, 0.25) is 5.02 Å². The minimum Gasteiger partial charge on any atom is -0.453 e. The second-order valence-corrected chi connectivity index (χ2v) is 12.7. The van der Waals surface area contributed by atoms with Crippen molar-refractivity contribution in [1.29, 1.82) is 0 Å². The predicted octanol–water partition coefficient (Wildman–Crippen LogP) is 6.83. The van der Waals surface area contributed by atoms with Crippen molar-refractivity contribution in [3.05, 3.63) is 70.5 Å². The number of aryl methyl sites for hydroxylation is 1. The van der Waals surface area contributed by atoms with Gasteiger partial charge in [0.1, 0.15) is 10.7 Å². The van der Waals surface area contributed by atoms with Gasteiger partial charge in [-0.25, -0.2) is 19.3 Å². The van der Waals surface area contributed by atoms with Gasteiger partial charge in [0, 0.05) is 41.5 Å². The fourth-order valence-corrected chi connectivity index (χ4v) is 7.79. The maximum Gasteiger partial charge on any atom is 0.409 e. The molecule has 216 valence electrons. The largest absolute Gasteiger partial charge is 0.453 e. The number of aromatic nitrogens is 4. The summed E-state index contributed by atoms with van der Waals surface area (Å²) in [6, 6.07) is 12.8. The second kappa shape index (κ2) is 10.9. The van der Waals surface area contributed by atoms with Gasteiger partial charge in [-0.2, -0.15) is 5.10 Å². The molecule has 1 amide bonds. The van der Waals surface area contributed by atoms with Crippen molar-refractivity contribution >= 4 is 44.9 Å². The summed E-state index contributed by atoms with van der Waals surface area (Å²) in [5.41, 5.74) is 8.98. The van der Waals surface area contributed by atoms with E-state index in [1.807, 2.05) is 35.1 Å². The highest BCUT2D eigenvalue weighted by atomic mass is 35.5. The zero-order valence-corrected chi connectivity index (χ0v) is 25.6. The Morgan fingerprint density at radius 3 is 2.60 bits per heavy atom. The van der Waals surface area contributed by atoms with Crippen LogP contribution in [0.15, 0.2) is 48.8 Å². The zero-order valence-electron chi connectivity index (χ0n) is 24.0. The lowest BCUT2D eigenvalue weighted by Gasteiger charge is -2.46. The molecule has 2 saturated heterocycles. The first-order valence-corrected chi connectivity index (χ1v) is 15.7. The van der Waals surface area contributed by atoms with Crippen molar-refractivity contribution in [2.45, 2.75) is 45.1 Å². The lowest BCUT2D eigenvalue weighted by Crippen LogP contribution is -2.62. The van der Waals surface area contributed by atoms with Gasteiger partial charge in [0.05, 0.1) is 23.5 Å². The summed E-state index contributed by atoms with van der Waals surface area (Å²) >= 11 is 7.92. The number of benzene rings is 2. The van der Waals surface area contributed by atoms with Crippen molar-refractivity contribution in [2.24, 2.45) is 0 Å². The van der Waals surface area contributed by atoms with Gasteiger partial charge in [0.25, 0.3) is 0 Å². The Balaban J connectivity index is 1.17. The van der Waals surface area contributed by atoms with E-state index in [-0.39, 0.29) is 6.09 Å². The number of amides is 1. The molecule has 0 aliphatic carbocycles. The number of halogens is 1. The Bertz CT molecular complexity index is 1780. The van der Waals surface area contributed by atoms with E-state index in [0.717, 1.165) is 77.9 Å². The van der Waals surface area contributed by atoms with Crippen LogP contribution in [0, 0.1) is 6.92 Å². The molecule has 2 aromatic carbocycles. The number of carbonyl (C=O) groups excluding carboxylic acids is 1. The minimum atomic E-state index is -0.232. The average Bonchev–Trinajstić information content (AvgIpc) is 3.60. The summed E-state index contributed by atoms with van der Waals surface area (Å²) in [6.45, 7) is 7.89. The number of rotatable bonds is 5. The standard InChI is InChI=1S/C32H33ClN6O2S/c1-4-24-19(2)15-27-29(28(24)21-5-7-22(33)8-6-21)42-31(36-27)26-11-14-39-30(35-26)25(16-34-39)20-9-12-37(13-10-20)23-17-38(18-23)32(40)41-3/h5-8,11,14-16,20,23H,4,9-10,12-13,17-18H2,1-3H3. The van der Waals surface area contributed by atoms with Gasteiger partial charge >= 0.3 is 6.09 Å². The van der Waals surface area contributed by atoms with E-state index in [4.69, 9.17) is 26.3 Å². The normalized spacial score (nSPS) is 16.8. The SMILES string of the molecule is CCc1c(C)cc2nc(-c3ccn4ncc(C5CCN(C6CN(C(=O)OC)C6)CC5)c4n3)sc2c1-c1ccc(Cl)cc1. The Morgan fingerprint density at radius 2 is 1.88 bits per heavy atom. The number of hydrogen-bond donors (Lipinski definition) is 0. The van der Waals surface area contributed by atoms with E-state index in [0.29, 0.717) is 12.0 Å². The number of methoxy groups -OCH3 is 1. The summed E-state index contributed by atoms with van der Waals surface area (Å²) in [5.74, 6) is 0.403. The van der Waals surface area contributed by atoms with Crippen LogP contribution in [0.4, 0.5) is 4.79 Å². The Morgan fingerprint density at radius 1 is 1.12 bits per heavy atom. The molecule has 5 aromatic rings. The van der Waals surface area contributed by atoms with Crippen molar-refractivity contribution in [1.82, 2.24) is 29.4 Å². The molecule has 10 heteroatoms. The molecular weight excluding hydrogens is 568 g/mol. The van der Waals surface area contributed by atoms with E-state index in [1.165, 1.54) is 34.1 Å². The maximum atomic E-state index is 11.7. The van der Waals surface area contributed by atoms with Gasteiger partial charge in [0.15, 0.2) is 5.65 Å². The first-order chi connectivity index (χ1) is 20.4. The monoisotopic (exact) mass is 600 g/mol. The number of carbonyl (C=O) groups is 1. The number of ether oxygens (including phenoxy) is 1. The number of hydrogen-bond acceptors (Lipinski definition) is 7. The van der Waals surface area contributed by atoms with Gasteiger partial charge in [-0.05, 0) is 86.1 Å². The Hall–Kier alpha value is -3.53. The molecule has 0 N–H and O–H groups in total. The molecule has 0 spiro atoms. The van der Waals surface area contributed by atoms with Crippen molar-refractivity contribution in [3.8, 4) is 21.8 Å². The van der Waals surface area contributed by atoms with Crippen LogP contribution in [-0.4, -0.2) is 74.8 Å². The molecule has 0 radical (unpaired) electrons. The number of thiazole rings is 1. The fourth-order valence-electron chi connectivity index (χ4n) is 6.56. The fraction of sp³-hybridized carbons (Fsp3) is 0.375. The first kappa shape index (κ1) is 27.3. The molecular formula is C32H33ClN6O2S. The van der Waals surface area contributed by atoms with Crippen molar-refractivity contribution in [3.63, 3.8) is 0 Å². The summed E-state index contributed by atoms with van der Waals surface area (Å²) in [5, 5.41) is 6.29. The van der Waals surface area contributed by atoms with Crippen LogP contribution in [0.25, 0.3) is 37.7 Å². The van der Waals surface area contributed by atoms with E-state index in [9.17, 15) is 4.79 Å². The lowest BCUT2D eigenvalue weighted by atomic mass is 9.89. The van der Waals surface area contributed by atoms with E-state index < -0.39 is 0 Å². The molecule has 0 saturated carbocycles. The van der Waals surface area contributed by atoms with Gasteiger partial charge in [0.2, 0.25) is 0 Å². The molecule has 2 aliphatic rings. The molecule has 2 fully saturated rings.